The number of imidazole rings is 1. The number of benzene rings is 2. The second-order valence-corrected chi connectivity index (χ2v) is 6.33. The zero-order valence-electron chi connectivity index (χ0n) is 12.8. The Balaban J connectivity index is 1.86. The van der Waals surface area contributed by atoms with Gasteiger partial charge >= 0.3 is 0 Å². The lowest BCUT2D eigenvalue weighted by Gasteiger charge is -2.03. The van der Waals surface area contributed by atoms with Crippen LogP contribution in [-0.4, -0.2) is 15.8 Å². The summed E-state index contributed by atoms with van der Waals surface area (Å²) in [6, 6.07) is 21.3. The molecule has 4 heteroatoms. The van der Waals surface area contributed by atoms with Gasteiger partial charge in [-0.15, -0.1) is 11.3 Å². The van der Waals surface area contributed by atoms with Gasteiger partial charge in [0.2, 0.25) is 5.78 Å². The van der Waals surface area contributed by atoms with E-state index in [-0.39, 0.29) is 5.78 Å². The third kappa shape index (κ3) is 2.79. The quantitative estimate of drug-likeness (QED) is 0.420. The highest BCUT2D eigenvalue weighted by atomic mass is 32.1. The Kier molecular flexibility index (Phi) is 3.81. The SMILES string of the molecule is O=C(/C(=C/c1ccccc1)c1nc2ccccc2[nH]1)c1cccs1. The van der Waals surface area contributed by atoms with E-state index in [1.165, 1.54) is 11.3 Å². The zero-order valence-corrected chi connectivity index (χ0v) is 13.6. The Morgan fingerprint density at radius 2 is 1.75 bits per heavy atom. The Hall–Kier alpha value is -2.98. The molecule has 0 saturated heterocycles. The smallest absolute Gasteiger partial charge is 0.206 e. The highest BCUT2D eigenvalue weighted by molar-refractivity contribution is 7.12. The lowest BCUT2D eigenvalue weighted by atomic mass is 10.1. The first-order valence-electron chi connectivity index (χ1n) is 7.61. The maximum absolute atomic E-state index is 13.0. The third-order valence-corrected chi connectivity index (χ3v) is 4.61. The number of hydrogen-bond donors (Lipinski definition) is 1. The summed E-state index contributed by atoms with van der Waals surface area (Å²) < 4.78 is 0. The highest BCUT2D eigenvalue weighted by Gasteiger charge is 2.18. The number of rotatable bonds is 4. The second kappa shape index (κ2) is 6.26. The van der Waals surface area contributed by atoms with Crippen molar-refractivity contribution in [3.05, 3.63) is 88.4 Å². The lowest BCUT2D eigenvalue weighted by Crippen LogP contribution is -2.02. The maximum atomic E-state index is 13.0. The van der Waals surface area contributed by atoms with Crippen molar-refractivity contribution >= 4 is 39.8 Å². The van der Waals surface area contributed by atoms with Crippen LogP contribution in [0.3, 0.4) is 0 Å². The van der Waals surface area contributed by atoms with E-state index in [4.69, 9.17) is 0 Å². The molecule has 0 bridgehead atoms. The van der Waals surface area contributed by atoms with Gasteiger partial charge in [0, 0.05) is 0 Å². The number of Topliss-reactive ketones (excluding diaryl/α,β-unsaturated/α-hetero) is 1. The number of thiophene rings is 1. The number of fused-ring (bicyclic) bond motifs is 1. The average Bonchev–Trinajstić information content (AvgIpc) is 3.29. The molecule has 0 atom stereocenters. The molecular formula is C20H14N2OS. The summed E-state index contributed by atoms with van der Waals surface area (Å²) in [5, 5.41) is 1.91. The summed E-state index contributed by atoms with van der Waals surface area (Å²) in [4.78, 5) is 21.5. The molecule has 116 valence electrons. The van der Waals surface area contributed by atoms with Crippen LogP contribution in [0, 0.1) is 0 Å². The fourth-order valence-corrected chi connectivity index (χ4v) is 3.26. The Bertz CT molecular complexity index is 981. The van der Waals surface area contributed by atoms with E-state index in [2.05, 4.69) is 9.97 Å². The molecule has 0 spiro atoms. The standard InChI is InChI=1S/C20H14N2OS/c23-19(18-11-6-12-24-18)15(13-14-7-2-1-3-8-14)20-21-16-9-4-5-10-17(16)22-20/h1-13H,(H,21,22)/b15-13-. The number of aromatic nitrogens is 2. The molecule has 0 amide bonds. The number of H-pyrrole nitrogens is 1. The number of carbonyl (C=O) groups is 1. The molecule has 0 radical (unpaired) electrons. The molecule has 2 aromatic heterocycles. The molecule has 24 heavy (non-hydrogen) atoms. The van der Waals surface area contributed by atoms with Crippen LogP contribution >= 0.6 is 11.3 Å². The molecule has 2 aromatic carbocycles. The topological polar surface area (TPSA) is 45.8 Å². The van der Waals surface area contributed by atoms with Gasteiger partial charge in [-0.2, -0.15) is 0 Å². The van der Waals surface area contributed by atoms with Crippen LogP contribution in [0.4, 0.5) is 0 Å². The van der Waals surface area contributed by atoms with E-state index in [9.17, 15) is 4.79 Å². The van der Waals surface area contributed by atoms with Crippen molar-refractivity contribution in [2.75, 3.05) is 0 Å². The molecule has 1 N–H and O–H groups in total. The number of allylic oxidation sites excluding steroid dienone is 1. The molecule has 2 heterocycles. The van der Waals surface area contributed by atoms with Gasteiger partial charge in [-0.05, 0) is 35.2 Å². The van der Waals surface area contributed by atoms with Crippen molar-refractivity contribution in [2.45, 2.75) is 0 Å². The van der Waals surface area contributed by atoms with Crippen LogP contribution in [0.2, 0.25) is 0 Å². The van der Waals surface area contributed by atoms with Gasteiger partial charge in [-0.3, -0.25) is 4.79 Å². The number of nitrogens with zero attached hydrogens (tertiary/aromatic N) is 1. The van der Waals surface area contributed by atoms with Crippen molar-refractivity contribution in [1.82, 2.24) is 9.97 Å². The maximum Gasteiger partial charge on any atom is 0.206 e. The first-order chi connectivity index (χ1) is 11.8. The van der Waals surface area contributed by atoms with Crippen LogP contribution in [0.25, 0.3) is 22.7 Å². The number of hydrogen-bond acceptors (Lipinski definition) is 3. The predicted molar refractivity (Wildman–Crippen MR) is 99.1 cm³/mol. The first-order valence-corrected chi connectivity index (χ1v) is 8.49. The molecule has 4 aromatic rings. The largest absolute Gasteiger partial charge is 0.338 e. The summed E-state index contributed by atoms with van der Waals surface area (Å²) >= 11 is 1.44. The van der Waals surface area contributed by atoms with Crippen LogP contribution in [0.5, 0.6) is 0 Å². The van der Waals surface area contributed by atoms with Gasteiger partial charge in [0.15, 0.2) is 0 Å². The van der Waals surface area contributed by atoms with E-state index < -0.39 is 0 Å². The van der Waals surface area contributed by atoms with Gasteiger partial charge in [0.05, 0.1) is 21.5 Å². The fraction of sp³-hybridized carbons (Fsp3) is 0. The molecule has 4 rings (SSSR count). The van der Waals surface area contributed by atoms with E-state index in [1.54, 1.807) is 0 Å². The zero-order chi connectivity index (χ0) is 16.4. The molecular weight excluding hydrogens is 316 g/mol. The van der Waals surface area contributed by atoms with Crippen molar-refractivity contribution in [3.8, 4) is 0 Å². The Labute approximate surface area is 143 Å². The monoisotopic (exact) mass is 330 g/mol. The Morgan fingerprint density at radius 1 is 0.958 bits per heavy atom. The molecule has 0 fully saturated rings. The number of para-hydroxylation sites is 2. The van der Waals surface area contributed by atoms with Crippen LogP contribution in [0.15, 0.2) is 72.1 Å². The average molecular weight is 330 g/mol. The van der Waals surface area contributed by atoms with Gasteiger partial charge in [-0.1, -0.05) is 48.5 Å². The second-order valence-electron chi connectivity index (χ2n) is 5.38. The van der Waals surface area contributed by atoms with Crippen molar-refractivity contribution in [3.63, 3.8) is 0 Å². The number of ketones is 1. The van der Waals surface area contributed by atoms with Crippen molar-refractivity contribution in [1.29, 1.82) is 0 Å². The molecule has 0 aliphatic rings. The minimum Gasteiger partial charge on any atom is -0.338 e. The Morgan fingerprint density at radius 3 is 2.50 bits per heavy atom. The van der Waals surface area contributed by atoms with Crippen LogP contribution < -0.4 is 0 Å². The molecule has 0 unspecified atom stereocenters. The van der Waals surface area contributed by atoms with Gasteiger partial charge in [-0.25, -0.2) is 4.98 Å². The molecule has 0 aliphatic heterocycles. The molecule has 0 aliphatic carbocycles. The van der Waals surface area contributed by atoms with Crippen LogP contribution in [-0.2, 0) is 0 Å². The molecule has 0 saturated carbocycles. The third-order valence-electron chi connectivity index (χ3n) is 3.74. The first kappa shape index (κ1) is 14.6. The minimum atomic E-state index is -0.0205. The van der Waals surface area contributed by atoms with Crippen LogP contribution in [0.1, 0.15) is 21.1 Å². The van der Waals surface area contributed by atoms with Gasteiger partial charge in [0.25, 0.3) is 0 Å². The number of nitrogens with one attached hydrogen (secondary N) is 1. The van der Waals surface area contributed by atoms with E-state index in [0.29, 0.717) is 16.3 Å². The number of carbonyl (C=O) groups excluding carboxylic acids is 1. The normalized spacial score (nSPS) is 11.8. The number of aromatic amines is 1. The summed E-state index contributed by atoms with van der Waals surface area (Å²) in [6.45, 7) is 0. The highest BCUT2D eigenvalue weighted by Crippen LogP contribution is 2.25. The fourth-order valence-electron chi connectivity index (χ4n) is 2.58. The van der Waals surface area contributed by atoms with Crippen molar-refractivity contribution < 1.29 is 4.79 Å². The minimum absolute atomic E-state index is 0.0205. The van der Waals surface area contributed by atoms with E-state index >= 15 is 0 Å². The van der Waals surface area contributed by atoms with Crippen molar-refractivity contribution in [2.24, 2.45) is 0 Å². The lowest BCUT2D eigenvalue weighted by molar-refractivity contribution is 0.106. The molecule has 3 nitrogen and oxygen atoms in total. The predicted octanol–water partition coefficient (Wildman–Crippen LogP) is 5.05. The van der Waals surface area contributed by atoms with Gasteiger partial charge < -0.3 is 4.98 Å². The summed E-state index contributed by atoms with van der Waals surface area (Å²) in [5.74, 6) is 0.575. The summed E-state index contributed by atoms with van der Waals surface area (Å²) in [7, 11) is 0. The summed E-state index contributed by atoms with van der Waals surface area (Å²) in [5.41, 5.74) is 3.31. The van der Waals surface area contributed by atoms with E-state index in [1.807, 2.05) is 78.2 Å². The summed E-state index contributed by atoms with van der Waals surface area (Å²) in [6.07, 6.45) is 1.89. The van der Waals surface area contributed by atoms with E-state index in [0.717, 1.165) is 16.6 Å². The van der Waals surface area contributed by atoms with Gasteiger partial charge in [0.1, 0.15) is 5.82 Å².